The Morgan fingerprint density at radius 2 is 2.19 bits per heavy atom. The van der Waals surface area contributed by atoms with Gasteiger partial charge in [-0.1, -0.05) is 13.8 Å². The highest BCUT2D eigenvalue weighted by Gasteiger charge is 2.29. The summed E-state index contributed by atoms with van der Waals surface area (Å²) in [7, 11) is -0.728. The van der Waals surface area contributed by atoms with E-state index < -0.39 is 10.8 Å². The maximum Gasteiger partial charge on any atom is 0.0691 e. The molecule has 0 bridgehead atoms. The molecule has 0 aromatic heterocycles. The zero-order valence-corrected chi connectivity index (χ0v) is 11.5. The Morgan fingerprint density at radius 1 is 1.50 bits per heavy atom. The summed E-state index contributed by atoms with van der Waals surface area (Å²) in [6, 6.07) is 0. The Balaban J connectivity index is 2.25. The average molecular weight is 247 g/mol. The quantitative estimate of drug-likeness (QED) is 0.777. The first-order chi connectivity index (χ1) is 7.46. The molecule has 1 saturated heterocycles. The van der Waals surface area contributed by atoms with Crippen molar-refractivity contribution < 1.29 is 8.95 Å². The minimum absolute atomic E-state index is 0.170. The van der Waals surface area contributed by atoms with E-state index in [-0.39, 0.29) is 16.8 Å². The highest BCUT2D eigenvalue weighted by Crippen LogP contribution is 2.23. The molecule has 0 radical (unpaired) electrons. The van der Waals surface area contributed by atoms with Crippen LogP contribution in [-0.4, -0.2) is 34.5 Å². The smallest absolute Gasteiger partial charge is 0.0691 e. The van der Waals surface area contributed by atoms with Crippen LogP contribution in [0.4, 0.5) is 0 Å². The molecule has 0 aliphatic carbocycles. The van der Waals surface area contributed by atoms with Crippen LogP contribution in [0.1, 0.15) is 40.0 Å². The lowest BCUT2D eigenvalue weighted by molar-refractivity contribution is 0.127. The van der Waals surface area contributed by atoms with Crippen molar-refractivity contribution in [3.8, 4) is 0 Å². The fourth-order valence-corrected chi connectivity index (χ4v) is 3.60. The summed E-state index contributed by atoms with van der Waals surface area (Å²) < 4.78 is 17.5. The van der Waals surface area contributed by atoms with Gasteiger partial charge in [-0.2, -0.15) is 0 Å². The van der Waals surface area contributed by atoms with Crippen molar-refractivity contribution in [3.05, 3.63) is 0 Å². The minimum Gasteiger partial charge on any atom is -0.377 e. The largest absolute Gasteiger partial charge is 0.377 e. The van der Waals surface area contributed by atoms with Gasteiger partial charge < -0.3 is 10.5 Å². The molecule has 3 nitrogen and oxygen atoms in total. The number of hydrogen-bond donors (Lipinski definition) is 1. The first kappa shape index (κ1) is 14.1. The van der Waals surface area contributed by atoms with Crippen LogP contribution in [0.3, 0.4) is 0 Å². The Bertz CT molecular complexity index is 243. The van der Waals surface area contributed by atoms with E-state index in [4.69, 9.17) is 10.5 Å². The molecule has 0 saturated carbocycles. The van der Waals surface area contributed by atoms with Crippen LogP contribution in [0.15, 0.2) is 0 Å². The van der Waals surface area contributed by atoms with Crippen molar-refractivity contribution in [2.24, 2.45) is 11.1 Å². The number of nitrogens with two attached hydrogens (primary N) is 1. The summed E-state index contributed by atoms with van der Waals surface area (Å²) in [5, 5.41) is 0.251. The highest BCUT2D eigenvalue weighted by atomic mass is 32.2. The van der Waals surface area contributed by atoms with Crippen LogP contribution in [0.25, 0.3) is 0 Å². The summed E-state index contributed by atoms with van der Waals surface area (Å²) in [6.45, 7) is 7.82. The molecule has 1 aliphatic heterocycles. The molecular formula is C12H25NO2S. The summed E-state index contributed by atoms with van der Waals surface area (Å²) in [5.41, 5.74) is 5.85. The zero-order chi connectivity index (χ0) is 12.2. The molecule has 1 heterocycles. The monoisotopic (exact) mass is 247 g/mol. The summed E-state index contributed by atoms with van der Waals surface area (Å²) >= 11 is 0. The van der Waals surface area contributed by atoms with Crippen molar-refractivity contribution in [1.82, 2.24) is 0 Å². The lowest BCUT2D eigenvalue weighted by Gasteiger charge is -2.22. The molecule has 1 fully saturated rings. The van der Waals surface area contributed by atoms with E-state index in [2.05, 4.69) is 13.8 Å². The normalized spacial score (nSPS) is 28.2. The number of ether oxygens (including phenoxy) is 1. The number of rotatable bonds is 6. The SMILES string of the molecule is CC1OCCC1S(=O)CCCC(C)(C)CN. The van der Waals surface area contributed by atoms with E-state index in [0.717, 1.165) is 31.6 Å². The summed E-state index contributed by atoms with van der Waals surface area (Å²) in [5.74, 6) is 0.793. The lowest BCUT2D eigenvalue weighted by Crippen LogP contribution is -2.27. The van der Waals surface area contributed by atoms with E-state index in [1.807, 2.05) is 6.92 Å². The minimum atomic E-state index is -0.728. The van der Waals surface area contributed by atoms with Crippen molar-refractivity contribution in [2.75, 3.05) is 18.9 Å². The van der Waals surface area contributed by atoms with E-state index in [0.29, 0.717) is 6.54 Å². The van der Waals surface area contributed by atoms with Crippen LogP contribution in [-0.2, 0) is 15.5 Å². The molecule has 0 aromatic rings. The highest BCUT2D eigenvalue weighted by molar-refractivity contribution is 7.85. The molecule has 1 aliphatic rings. The molecule has 3 atom stereocenters. The first-order valence-corrected chi connectivity index (χ1v) is 7.53. The average Bonchev–Trinajstić information content (AvgIpc) is 2.64. The maximum absolute atomic E-state index is 12.0. The van der Waals surface area contributed by atoms with Gasteiger partial charge in [0.2, 0.25) is 0 Å². The van der Waals surface area contributed by atoms with Gasteiger partial charge in [0.25, 0.3) is 0 Å². The van der Waals surface area contributed by atoms with Gasteiger partial charge in [-0.3, -0.25) is 4.21 Å². The Hall–Kier alpha value is 0.0700. The van der Waals surface area contributed by atoms with E-state index in [1.54, 1.807) is 0 Å². The second kappa shape index (κ2) is 6.12. The Morgan fingerprint density at radius 3 is 2.69 bits per heavy atom. The fraction of sp³-hybridized carbons (Fsp3) is 1.00. The van der Waals surface area contributed by atoms with Crippen LogP contribution >= 0.6 is 0 Å². The second-order valence-corrected chi connectivity index (χ2v) is 7.24. The van der Waals surface area contributed by atoms with Gasteiger partial charge in [0.1, 0.15) is 0 Å². The van der Waals surface area contributed by atoms with E-state index >= 15 is 0 Å². The lowest BCUT2D eigenvalue weighted by atomic mass is 9.88. The molecule has 3 unspecified atom stereocenters. The van der Waals surface area contributed by atoms with Crippen molar-refractivity contribution >= 4 is 10.8 Å². The Labute approximate surface area is 102 Å². The molecule has 0 aromatic carbocycles. The van der Waals surface area contributed by atoms with Crippen LogP contribution in [0, 0.1) is 5.41 Å². The summed E-state index contributed by atoms with van der Waals surface area (Å²) in [6.07, 6.45) is 3.18. The number of hydrogen-bond acceptors (Lipinski definition) is 3. The topological polar surface area (TPSA) is 52.3 Å². The van der Waals surface area contributed by atoms with Gasteiger partial charge in [0.05, 0.1) is 11.4 Å². The second-order valence-electron chi connectivity index (χ2n) is 5.46. The molecule has 4 heteroatoms. The molecule has 1 rings (SSSR count). The molecule has 0 spiro atoms. The van der Waals surface area contributed by atoms with Crippen molar-refractivity contribution in [2.45, 2.75) is 51.4 Å². The van der Waals surface area contributed by atoms with Crippen LogP contribution < -0.4 is 5.73 Å². The van der Waals surface area contributed by atoms with Gasteiger partial charge in [0.15, 0.2) is 0 Å². The predicted octanol–water partition coefficient (Wildman–Crippen LogP) is 1.68. The fourth-order valence-electron chi connectivity index (χ4n) is 2.00. The summed E-state index contributed by atoms with van der Waals surface area (Å²) in [4.78, 5) is 0. The van der Waals surface area contributed by atoms with Crippen LogP contribution in [0.5, 0.6) is 0 Å². The standard InChI is InChI=1S/C12H25NO2S/c1-10-11(5-7-15-10)16(14)8-4-6-12(2,3)9-13/h10-11H,4-9,13H2,1-3H3. The maximum atomic E-state index is 12.0. The molecular weight excluding hydrogens is 222 g/mol. The predicted molar refractivity (Wildman–Crippen MR) is 68.9 cm³/mol. The molecule has 96 valence electrons. The third-order valence-corrected chi connectivity index (χ3v) is 5.38. The van der Waals surface area contributed by atoms with E-state index in [1.165, 1.54) is 0 Å². The van der Waals surface area contributed by atoms with E-state index in [9.17, 15) is 4.21 Å². The van der Waals surface area contributed by atoms with Gasteiger partial charge in [-0.25, -0.2) is 0 Å². The van der Waals surface area contributed by atoms with Gasteiger partial charge in [-0.15, -0.1) is 0 Å². The Kier molecular flexibility index (Phi) is 5.41. The van der Waals surface area contributed by atoms with Gasteiger partial charge in [0, 0.05) is 23.2 Å². The van der Waals surface area contributed by atoms with Gasteiger partial charge in [-0.05, 0) is 38.1 Å². The third-order valence-electron chi connectivity index (χ3n) is 3.40. The van der Waals surface area contributed by atoms with Gasteiger partial charge >= 0.3 is 0 Å². The van der Waals surface area contributed by atoms with Crippen molar-refractivity contribution in [1.29, 1.82) is 0 Å². The molecule has 16 heavy (non-hydrogen) atoms. The first-order valence-electron chi connectivity index (χ1n) is 6.15. The third kappa shape index (κ3) is 4.15. The van der Waals surface area contributed by atoms with Crippen LogP contribution in [0.2, 0.25) is 0 Å². The molecule has 0 amide bonds. The molecule has 2 N–H and O–H groups in total. The zero-order valence-electron chi connectivity index (χ0n) is 10.7. The van der Waals surface area contributed by atoms with Crippen molar-refractivity contribution in [3.63, 3.8) is 0 Å².